The van der Waals surface area contributed by atoms with Crippen LogP contribution >= 0.6 is 0 Å². The molecular formula is C8H8N2O. The van der Waals surface area contributed by atoms with Gasteiger partial charge in [0.25, 0.3) is 0 Å². The fourth-order valence-corrected chi connectivity index (χ4v) is 1.12. The first-order valence-corrected chi connectivity index (χ1v) is 3.39. The van der Waals surface area contributed by atoms with Gasteiger partial charge in [0.05, 0.1) is 5.39 Å². The first-order chi connectivity index (χ1) is 5.29. The molecule has 2 N–H and O–H groups in total. The lowest BCUT2D eigenvalue weighted by molar-refractivity contribution is 0.445. The fraction of sp³-hybridized carbons (Fsp3) is 0.125. The van der Waals surface area contributed by atoms with Crippen LogP contribution in [0.3, 0.4) is 0 Å². The van der Waals surface area contributed by atoms with Crippen LogP contribution in [-0.4, -0.2) is 5.16 Å². The number of fused-ring (bicyclic) bond motifs is 1. The Morgan fingerprint density at radius 1 is 1.45 bits per heavy atom. The van der Waals surface area contributed by atoms with Crippen LogP contribution in [0.2, 0.25) is 0 Å². The van der Waals surface area contributed by atoms with E-state index in [0.717, 1.165) is 16.5 Å². The van der Waals surface area contributed by atoms with Crippen molar-refractivity contribution in [1.29, 1.82) is 0 Å². The average Bonchev–Trinajstić information content (AvgIpc) is 2.35. The highest BCUT2D eigenvalue weighted by atomic mass is 16.5. The highest BCUT2D eigenvalue weighted by molar-refractivity contribution is 5.89. The third-order valence-corrected chi connectivity index (χ3v) is 1.74. The Bertz CT molecular complexity index is 392. The van der Waals surface area contributed by atoms with Crippen molar-refractivity contribution in [2.75, 3.05) is 5.73 Å². The van der Waals surface area contributed by atoms with E-state index in [2.05, 4.69) is 5.16 Å². The summed E-state index contributed by atoms with van der Waals surface area (Å²) in [6.45, 7) is 1.98. The predicted octanol–water partition coefficient (Wildman–Crippen LogP) is 1.72. The number of benzene rings is 1. The molecule has 0 atom stereocenters. The second kappa shape index (κ2) is 1.99. The smallest absolute Gasteiger partial charge is 0.230 e. The van der Waals surface area contributed by atoms with Gasteiger partial charge in [0.15, 0.2) is 0 Å². The Labute approximate surface area is 63.8 Å². The molecule has 0 unspecified atom stereocenters. The summed E-state index contributed by atoms with van der Waals surface area (Å²) < 4.78 is 4.82. The van der Waals surface area contributed by atoms with Crippen LogP contribution in [0.1, 0.15) is 5.56 Å². The van der Waals surface area contributed by atoms with Gasteiger partial charge in [-0.15, -0.1) is 0 Å². The SMILES string of the molecule is Cc1cccc2c(N)onc12. The van der Waals surface area contributed by atoms with Crippen molar-refractivity contribution in [2.45, 2.75) is 6.92 Å². The second-order valence-corrected chi connectivity index (χ2v) is 2.52. The molecule has 2 rings (SSSR count). The van der Waals surface area contributed by atoms with Gasteiger partial charge in [0.1, 0.15) is 5.52 Å². The molecule has 0 saturated heterocycles. The van der Waals surface area contributed by atoms with E-state index in [1.165, 1.54) is 0 Å². The average molecular weight is 148 g/mol. The van der Waals surface area contributed by atoms with E-state index in [1.807, 2.05) is 25.1 Å². The Hall–Kier alpha value is -1.51. The summed E-state index contributed by atoms with van der Waals surface area (Å²) in [6, 6.07) is 5.81. The summed E-state index contributed by atoms with van der Waals surface area (Å²) in [5, 5.41) is 4.71. The summed E-state index contributed by atoms with van der Waals surface area (Å²) in [5.74, 6) is 0.392. The van der Waals surface area contributed by atoms with Crippen molar-refractivity contribution in [3.8, 4) is 0 Å². The standard InChI is InChI=1S/C8H8N2O/c1-5-3-2-4-6-7(5)10-11-8(6)9/h2-4H,9H2,1H3. The maximum absolute atomic E-state index is 5.52. The normalized spacial score (nSPS) is 10.6. The molecule has 0 amide bonds. The second-order valence-electron chi connectivity index (χ2n) is 2.52. The van der Waals surface area contributed by atoms with Crippen LogP contribution in [0.15, 0.2) is 22.7 Å². The first kappa shape index (κ1) is 6.22. The third kappa shape index (κ3) is 0.774. The van der Waals surface area contributed by atoms with Crippen LogP contribution < -0.4 is 5.73 Å². The number of nitrogens with zero attached hydrogens (tertiary/aromatic N) is 1. The van der Waals surface area contributed by atoms with E-state index in [0.29, 0.717) is 5.88 Å². The van der Waals surface area contributed by atoms with Crippen molar-refractivity contribution in [1.82, 2.24) is 5.16 Å². The van der Waals surface area contributed by atoms with Crippen LogP contribution in [0.4, 0.5) is 5.88 Å². The van der Waals surface area contributed by atoms with E-state index < -0.39 is 0 Å². The molecule has 56 valence electrons. The molecule has 0 aliphatic heterocycles. The summed E-state index contributed by atoms with van der Waals surface area (Å²) in [5.41, 5.74) is 7.45. The van der Waals surface area contributed by atoms with E-state index in [4.69, 9.17) is 10.3 Å². The van der Waals surface area contributed by atoms with Gasteiger partial charge in [0.2, 0.25) is 5.88 Å². The van der Waals surface area contributed by atoms with E-state index >= 15 is 0 Å². The molecule has 11 heavy (non-hydrogen) atoms. The lowest BCUT2D eigenvalue weighted by Crippen LogP contribution is -1.80. The van der Waals surface area contributed by atoms with Gasteiger partial charge in [-0.1, -0.05) is 17.3 Å². The predicted molar refractivity (Wildman–Crippen MR) is 43.2 cm³/mol. The molecule has 3 heteroatoms. The molecule has 0 bridgehead atoms. The summed E-state index contributed by atoms with van der Waals surface area (Å²) >= 11 is 0. The Morgan fingerprint density at radius 3 is 3.00 bits per heavy atom. The molecule has 0 aliphatic rings. The quantitative estimate of drug-likeness (QED) is 0.618. The molecule has 2 aromatic rings. The zero-order chi connectivity index (χ0) is 7.84. The largest absolute Gasteiger partial charge is 0.367 e. The Morgan fingerprint density at radius 2 is 2.27 bits per heavy atom. The van der Waals surface area contributed by atoms with Crippen molar-refractivity contribution >= 4 is 16.8 Å². The molecule has 0 aliphatic carbocycles. The maximum atomic E-state index is 5.52. The van der Waals surface area contributed by atoms with Gasteiger partial charge < -0.3 is 10.3 Å². The Kier molecular flexibility index (Phi) is 1.12. The minimum Gasteiger partial charge on any atom is -0.367 e. The molecule has 0 spiro atoms. The number of rotatable bonds is 0. The number of nitrogens with two attached hydrogens (primary N) is 1. The summed E-state index contributed by atoms with van der Waals surface area (Å²) in [6.07, 6.45) is 0. The summed E-state index contributed by atoms with van der Waals surface area (Å²) in [7, 11) is 0. The van der Waals surface area contributed by atoms with E-state index in [9.17, 15) is 0 Å². The van der Waals surface area contributed by atoms with Gasteiger partial charge in [-0.05, 0) is 18.6 Å². The van der Waals surface area contributed by atoms with E-state index in [1.54, 1.807) is 0 Å². The van der Waals surface area contributed by atoms with Gasteiger partial charge in [-0.25, -0.2) is 0 Å². The number of aryl methyl sites for hydroxylation is 1. The molecular weight excluding hydrogens is 140 g/mol. The van der Waals surface area contributed by atoms with Gasteiger partial charge in [-0.3, -0.25) is 0 Å². The third-order valence-electron chi connectivity index (χ3n) is 1.74. The number of hydrogen-bond donors (Lipinski definition) is 1. The number of anilines is 1. The maximum Gasteiger partial charge on any atom is 0.230 e. The van der Waals surface area contributed by atoms with Crippen molar-refractivity contribution in [2.24, 2.45) is 0 Å². The molecule has 3 nitrogen and oxygen atoms in total. The number of hydrogen-bond acceptors (Lipinski definition) is 3. The van der Waals surface area contributed by atoms with Crippen molar-refractivity contribution < 1.29 is 4.52 Å². The fourth-order valence-electron chi connectivity index (χ4n) is 1.12. The van der Waals surface area contributed by atoms with Crippen LogP contribution in [0.5, 0.6) is 0 Å². The van der Waals surface area contributed by atoms with Gasteiger partial charge >= 0.3 is 0 Å². The van der Waals surface area contributed by atoms with Gasteiger partial charge in [0, 0.05) is 0 Å². The highest BCUT2D eigenvalue weighted by Crippen LogP contribution is 2.22. The van der Waals surface area contributed by atoms with Crippen LogP contribution in [-0.2, 0) is 0 Å². The summed E-state index contributed by atoms with van der Waals surface area (Å²) in [4.78, 5) is 0. The minimum atomic E-state index is 0.392. The number of nitrogen functional groups attached to an aromatic ring is 1. The van der Waals surface area contributed by atoms with E-state index in [-0.39, 0.29) is 0 Å². The highest BCUT2D eigenvalue weighted by Gasteiger charge is 2.04. The molecule has 0 fully saturated rings. The van der Waals surface area contributed by atoms with Crippen LogP contribution in [0, 0.1) is 6.92 Å². The zero-order valence-electron chi connectivity index (χ0n) is 6.16. The molecule has 1 aromatic carbocycles. The Balaban J connectivity index is 2.94. The van der Waals surface area contributed by atoms with Crippen LogP contribution in [0.25, 0.3) is 10.9 Å². The lowest BCUT2D eigenvalue weighted by atomic mass is 10.2. The molecule has 0 saturated carbocycles. The zero-order valence-corrected chi connectivity index (χ0v) is 6.16. The molecule has 1 aromatic heterocycles. The lowest BCUT2D eigenvalue weighted by Gasteiger charge is -1.89. The minimum absolute atomic E-state index is 0.392. The molecule has 0 radical (unpaired) electrons. The topological polar surface area (TPSA) is 52.0 Å². The van der Waals surface area contributed by atoms with Crippen molar-refractivity contribution in [3.63, 3.8) is 0 Å². The molecule has 1 heterocycles. The number of aromatic nitrogens is 1. The monoisotopic (exact) mass is 148 g/mol. The van der Waals surface area contributed by atoms with Crippen molar-refractivity contribution in [3.05, 3.63) is 23.8 Å². The first-order valence-electron chi connectivity index (χ1n) is 3.39. The van der Waals surface area contributed by atoms with Gasteiger partial charge in [-0.2, -0.15) is 0 Å².